The van der Waals surface area contributed by atoms with Gasteiger partial charge in [-0.25, -0.2) is 0 Å². The van der Waals surface area contributed by atoms with Gasteiger partial charge in [0.25, 0.3) is 5.91 Å². The minimum absolute atomic E-state index is 0.0131. The molecular weight excluding hydrogens is 290 g/mol. The van der Waals surface area contributed by atoms with Crippen molar-refractivity contribution >= 4 is 17.5 Å². The Labute approximate surface area is 134 Å². The summed E-state index contributed by atoms with van der Waals surface area (Å²) in [6.07, 6.45) is 3.23. The van der Waals surface area contributed by atoms with Crippen molar-refractivity contribution in [2.45, 2.75) is 0 Å². The summed E-state index contributed by atoms with van der Waals surface area (Å²) in [7, 11) is 0. The van der Waals surface area contributed by atoms with E-state index < -0.39 is 0 Å². The van der Waals surface area contributed by atoms with Gasteiger partial charge in [-0.1, -0.05) is 18.2 Å². The van der Waals surface area contributed by atoms with Crippen molar-refractivity contribution in [3.8, 4) is 0 Å². The van der Waals surface area contributed by atoms with E-state index in [9.17, 15) is 9.59 Å². The van der Waals surface area contributed by atoms with Crippen LogP contribution in [0.15, 0.2) is 54.9 Å². The molecule has 2 aliphatic rings. The molecule has 1 aromatic heterocycles. The zero-order valence-corrected chi connectivity index (χ0v) is 12.6. The second-order valence-corrected chi connectivity index (χ2v) is 6.10. The number of pyridine rings is 1. The van der Waals surface area contributed by atoms with Crippen LogP contribution in [-0.2, 0) is 4.79 Å². The maximum absolute atomic E-state index is 12.7. The van der Waals surface area contributed by atoms with Crippen molar-refractivity contribution < 1.29 is 9.59 Å². The number of likely N-dealkylation sites (tertiary alicyclic amines) is 1. The average Bonchev–Trinajstić information content (AvgIpc) is 3.16. The van der Waals surface area contributed by atoms with Crippen molar-refractivity contribution in [3.63, 3.8) is 0 Å². The highest BCUT2D eigenvalue weighted by Crippen LogP contribution is 2.35. The maximum atomic E-state index is 12.7. The third kappa shape index (κ3) is 2.38. The molecule has 3 heterocycles. The predicted octanol–water partition coefficient (Wildman–Crippen LogP) is 1.82. The Hall–Kier alpha value is -2.69. The third-order valence-corrected chi connectivity index (χ3v) is 4.72. The van der Waals surface area contributed by atoms with E-state index in [1.165, 1.54) is 0 Å². The zero-order chi connectivity index (χ0) is 15.8. The number of para-hydroxylation sites is 1. The largest absolute Gasteiger partial charge is 0.337 e. The Morgan fingerprint density at radius 3 is 2.43 bits per heavy atom. The smallest absolute Gasteiger partial charge is 0.253 e. The Balaban J connectivity index is 1.49. The number of benzene rings is 1. The number of amides is 2. The lowest BCUT2D eigenvalue weighted by Gasteiger charge is -2.22. The number of nitrogens with zero attached hydrogens (tertiary/aromatic N) is 3. The molecule has 2 fully saturated rings. The first-order chi connectivity index (χ1) is 11.2. The van der Waals surface area contributed by atoms with Crippen molar-refractivity contribution in [2.24, 2.45) is 11.8 Å². The number of rotatable bonds is 2. The fourth-order valence-corrected chi connectivity index (χ4v) is 3.54. The first kappa shape index (κ1) is 13.9. The van der Waals surface area contributed by atoms with Gasteiger partial charge in [-0.05, 0) is 24.3 Å². The normalized spacial score (nSPS) is 23.2. The topological polar surface area (TPSA) is 53.5 Å². The van der Waals surface area contributed by atoms with Crippen LogP contribution in [0, 0.1) is 11.8 Å². The van der Waals surface area contributed by atoms with Crippen molar-refractivity contribution in [1.29, 1.82) is 0 Å². The molecule has 2 unspecified atom stereocenters. The van der Waals surface area contributed by atoms with Gasteiger partial charge in [0, 0.05) is 49.2 Å². The van der Waals surface area contributed by atoms with Crippen LogP contribution in [-0.4, -0.2) is 41.3 Å². The number of anilines is 1. The van der Waals surface area contributed by atoms with Crippen LogP contribution < -0.4 is 4.90 Å². The van der Waals surface area contributed by atoms with Gasteiger partial charge in [-0.15, -0.1) is 0 Å². The van der Waals surface area contributed by atoms with Gasteiger partial charge in [0.2, 0.25) is 5.91 Å². The van der Waals surface area contributed by atoms with E-state index in [4.69, 9.17) is 0 Å². The van der Waals surface area contributed by atoms with Crippen LogP contribution in [0.3, 0.4) is 0 Å². The van der Waals surface area contributed by atoms with Gasteiger partial charge >= 0.3 is 0 Å². The molecule has 4 rings (SSSR count). The maximum Gasteiger partial charge on any atom is 0.253 e. The van der Waals surface area contributed by atoms with Gasteiger partial charge in [-0.3, -0.25) is 14.6 Å². The highest BCUT2D eigenvalue weighted by Gasteiger charge is 2.47. The average molecular weight is 307 g/mol. The van der Waals surface area contributed by atoms with E-state index in [-0.39, 0.29) is 23.7 Å². The SMILES string of the molecule is O=C(c1ccncc1)N1CC2CN(c3ccccc3)C(=O)C2C1. The molecule has 5 heteroatoms. The molecule has 2 aromatic rings. The van der Waals surface area contributed by atoms with E-state index in [1.54, 1.807) is 29.4 Å². The van der Waals surface area contributed by atoms with Crippen LogP contribution >= 0.6 is 0 Å². The molecule has 0 N–H and O–H groups in total. The highest BCUT2D eigenvalue weighted by atomic mass is 16.2. The molecule has 116 valence electrons. The van der Waals surface area contributed by atoms with Gasteiger partial charge < -0.3 is 9.80 Å². The summed E-state index contributed by atoms with van der Waals surface area (Å²) in [5, 5.41) is 0. The summed E-state index contributed by atoms with van der Waals surface area (Å²) in [4.78, 5) is 32.8. The number of aromatic nitrogens is 1. The molecule has 0 saturated carbocycles. The minimum atomic E-state index is -0.0824. The van der Waals surface area contributed by atoms with Gasteiger partial charge in [0.05, 0.1) is 5.92 Å². The van der Waals surface area contributed by atoms with Crippen LogP contribution in [0.25, 0.3) is 0 Å². The molecule has 0 aliphatic carbocycles. The summed E-state index contributed by atoms with van der Waals surface area (Å²) < 4.78 is 0. The lowest BCUT2D eigenvalue weighted by Crippen LogP contribution is -2.35. The molecule has 0 radical (unpaired) electrons. The first-order valence-corrected chi connectivity index (χ1v) is 7.80. The Morgan fingerprint density at radius 2 is 1.74 bits per heavy atom. The molecule has 23 heavy (non-hydrogen) atoms. The van der Waals surface area contributed by atoms with E-state index in [2.05, 4.69) is 4.98 Å². The van der Waals surface area contributed by atoms with E-state index in [0.717, 1.165) is 5.69 Å². The molecule has 1 aromatic carbocycles. The summed E-state index contributed by atoms with van der Waals surface area (Å²) >= 11 is 0. The second kappa shape index (κ2) is 5.50. The Kier molecular flexibility index (Phi) is 3.33. The van der Waals surface area contributed by atoms with Crippen molar-refractivity contribution in [3.05, 3.63) is 60.4 Å². The van der Waals surface area contributed by atoms with Crippen LogP contribution in [0.1, 0.15) is 10.4 Å². The second-order valence-electron chi connectivity index (χ2n) is 6.10. The number of fused-ring (bicyclic) bond motifs is 1. The summed E-state index contributed by atoms with van der Waals surface area (Å²) in [6.45, 7) is 1.84. The van der Waals surface area contributed by atoms with Gasteiger partial charge in [-0.2, -0.15) is 0 Å². The fourth-order valence-electron chi connectivity index (χ4n) is 3.54. The molecule has 0 bridgehead atoms. The number of carbonyl (C=O) groups is 2. The van der Waals surface area contributed by atoms with Crippen LogP contribution in [0.4, 0.5) is 5.69 Å². The Bertz CT molecular complexity index is 732. The number of hydrogen-bond donors (Lipinski definition) is 0. The first-order valence-electron chi connectivity index (χ1n) is 7.80. The third-order valence-electron chi connectivity index (χ3n) is 4.72. The summed E-state index contributed by atoms with van der Waals surface area (Å²) in [6, 6.07) is 13.2. The lowest BCUT2D eigenvalue weighted by atomic mass is 10.0. The van der Waals surface area contributed by atoms with Crippen molar-refractivity contribution in [1.82, 2.24) is 9.88 Å². The fraction of sp³-hybridized carbons (Fsp3) is 0.278. The molecule has 0 spiro atoms. The van der Waals surface area contributed by atoms with Gasteiger partial charge in [0.15, 0.2) is 0 Å². The molecule has 2 aliphatic heterocycles. The quantitative estimate of drug-likeness (QED) is 0.850. The monoisotopic (exact) mass is 307 g/mol. The summed E-state index contributed by atoms with van der Waals surface area (Å²) in [5.74, 6) is 0.251. The Morgan fingerprint density at radius 1 is 1.00 bits per heavy atom. The van der Waals surface area contributed by atoms with Crippen LogP contribution in [0.2, 0.25) is 0 Å². The number of carbonyl (C=O) groups excluding carboxylic acids is 2. The van der Waals surface area contributed by atoms with E-state index >= 15 is 0 Å². The van der Waals surface area contributed by atoms with Crippen LogP contribution in [0.5, 0.6) is 0 Å². The van der Waals surface area contributed by atoms with E-state index in [1.807, 2.05) is 35.2 Å². The zero-order valence-electron chi connectivity index (χ0n) is 12.6. The minimum Gasteiger partial charge on any atom is -0.337 e. The predicted molar refractivity (Wildman–Crippen MR) is 85.9 cm³/mol. The molecule has 2 atom stereocenters. The number of hydrogen-bond acceptors (Lipinski definition) is 3. The summed E-state index contributed by atoms with van der Waals surface area (Å²) in [5.41, 5.74) is 1.58. The molecule has 5 nitrogen and oxygen atoms in total. The molecule has 2 amide bonds. The standard InChI is InChI=1S/C18H17N3O2/c22-17(13-6-8-19-9-7-13)20-10-14-11-21(18(23)16(14)12-20)15-4-2-1-3-5-15/h1-9,14,16H,10-12H2. The lowest BCUT2D eigenvalue weighted by molar-refractivity contribution is -0.120. The van der Waals surface area contributed by atoms with Crippen molar-refractivity contribution in [2.75, 3.05) is 24.5 Å². The van der Waals surface area contributed by atoms with Gasteiger partial charge in [0.1, 0.15) is 0 Å². The molecule has 2 saturated heterocycles. The molecular formula is C18H17N3O2. The van der Waals surface area contributed by atoms with E-state index in [0.29, 0.717) is 25.2 Å². The highest BCUT2D eigenvalue weighted by molar-refractivity contribution is 6.00.